The lowest BCUT2D eigenvalue weighted by Crippen LogP contribution is -2.49. The number of hydrogen-bond donors (Lipinski definition) is 1. The maximum absolute atomic E-state index is 15.3. The first-order chi connectivity index (χ1) is 18.0. The van der Waals surface area contributed by atoms with Gasteiger partial charge in [-0.1, -0.05) is 0 Å². The van der Waals surface area contributed by atoms with Gasteiger partial charge >= 0.3 is 0 Å². The number of benzene rings is 1. The van der Waals surface area contributed by atoms with Gasteiger partial charge < -0.3 is 19.7 Å². The van der Waals surface area contributed by atoms with Crippen molar-refractivity contribution in [1.82, 2.24) is 30.0 Å². The number of likely N-dealkylation sites (N-methyl/N-ethyl adjacent to an activating group) is 1. The van der Waals surface area contributed by atoms with Gasteiger partial charge in [-0.3, -0.25) is 9.69 Å². The quantitative estimate of drug-likeness (QED) is 0.513. The minimum atomic E-state index is -0.946. The standard InChI is InChI=1S/C26H34FN7O3/c1-17-10-18-13-31-34(22(18)11-20(17)19-4-5-32(6-8-36-3)14-21(19)27)25-12-24(29-16-30-25)33-7-9-37-23(15-33)26(35)28-2/h10-13,16,19,21,23H,4-9,14-15H2,1-3H3,(H,28,35). The average molecular weight is 512 g/mol. The lowest BCUT2D eigenvalue weighted by atomic mass is 9.85. The van der Waals surface area contributed by atoms with E-state index in [-0.39, 0.29) is 11.8 Å². The summed E-state index contributed by atoms with van der Waals surface area (Å²) in [6.45, 7) is 6.11. The Morgan fingerprint density at radius 2 is 2.05 bits per heavy atom. The van der Waals surface area contributed by atoms with Gasteiger partial charge in [0, 0.05) is 51.2 Å². The van der Waals surface area contributed by atoms with Crippen molar-refractivity contribution in [1.29, 1.82) is 0 Å². The van der Waals surface area contributed by atoms with Crippen molar-refractivity contribution in [2.75, 3.05) is 65.0 Å². The number of nitrogens with one attached hydrogen (secondary N) is 1. The van der Waals surface area contributed by atoms with E-state index in [0.29, 0.717) is 44.5 Å². The van der Waals surface area contributed by atoms with Gasteiger partial charge in [0.2, 0.25) is 0 Å². The van der Waals surface area contributed by atoms with Gasteiger partial charge in [-0.25, -0.2) is 19.0 Å². The summed E-state index contributed by atoms with van der Waals surface area (Å²) >= 11 is 0. The Morgan fingerprint density at radius 1 is 1.22 bits per heavy atom. The van der Waals surface area contributed by atoms with E-state index in [1.165, 1.54) is 6.33 Å². The molecule has 4 heterocycles. The first-order valence-electron chi connectivity index (χ1n) is 12.7. The highest BCUT2D eigenvalue weighted by Crippen LogP contribution is 2.35. The number of nitrogens with zero attached hydrogens (tertiary/aromatic N) is 6. The molecule has 2 aliphatic rings. The molecule has 3 atom stereocenters. The molecule has 0 saturated carbocycles. The second-order valence-electron chi connectivity index (χ2n) is 9.68. The Labute approximate surface area is 215 Å². The van der Waals surface area contributed by atoms with Crippen LogP contribution in [0.4, 0.5) is 10.2 Å². The molecule has 3 unspecified atom stereocenters. The topological polar surface area (TPSA) is 97.6 Å². The summed E-state index contributed by atoms with van der Waals surface area (Å²) in [6, 6.07) is 6.01. The number of likely N-dealkylation sites (tertiary alicyclic amines) is 1. The van der Waals surface area contributed by atoms with Crippen LogP contribution in [0.25, 0.3) is 16.7 Å². The Kier molecular flexibility index (Phi) is 7.63. The predicted molar refractivity (Wildman–Crippen MR) is 138 cm³/mol. The molecule has 10 nitrogen and oxygen atoms in total. The second-order valence-corrected chi connectivity index (χ2v) is 9.68. The Hall–Kier alpha value is -3.15. The van der Waals surface area contributed by atoms with Crippen LogP contribution in [-0.4, -0.2) is 103 Å². The van der Waals surface area contributed by atoms with Crippen molar-refractivity contribution in [3.63, 3.8) is 0 Å². The van der Waals surface area contributed by atoms with Crippen LogP contribution in [0.1, 0.15) is 23.5 Å². The van der Waals surface area contributed by atoms with Crippen molar-refractivity contribution >= 4 is 22.6 Å². The van der Waals surface area contributed by atoms with Crippen LogP contribution in [0.5, 0.6) is 0 Å². The number of halogens is 1. The molecule has 1 N–H and O–H groups in total. The van der Waals surface area contributed by atoms with Crippen LogP contribution < -0.4 is 10.2 Å². The van der Waals surface area contributed by atoms with Crippen molar-refractivity contribution < 1.29 is 18.7 Å². The van der Waals surface area contributed by atoms with Crippen LogP contribution in [0.3, 0.4) is 0 Å². The first-order valence-corrected chi connectivity index (χ1v) is 12.7. The third-order valence-electron chi connectivity index (χ3n) is 7.38. The number of alkyl halides is 1. The first kappa shape index (κ1) is 25.5. The van der Waals surface area contributed by atoms with E-state index < -0.39 is 12.3 Å². The van der Waals surface area contributed by atoms with Crippen molar-refractivity contribution in [2.45, 2.75) is 31.5 Å². The average Bonchev–Trinajstić information content (AvgIpc) is 3.34. The monoisotopic (exact) mass is 511 g/mol. The van der Waals surface area contributed by atoms with E-state index in [0.717, 1.165) is 41.5 Å². The summed E-state index contributed by atoms with van der Waals surface area (Å²) in [5.74, 6) is 0.993. The normalized spacial score (nSPS) is 22.9. The van der Waals surface area contributed by atoms with Crippen molar-refractivity contribution in [3.8, 4) is 5.82 Å². The molecule has 198 valence electrons. The molecule has 0 radical (unpaired) electrons. The number of hydrogen-bond acceptors (Lipinski definition) is 8. The molecule has 37 heavy (non-hydrogen) atoms. The molecular formula is C26H34FN7O3. The summed E-state index contributed by atoms with van der Waals surface area (Å²) < 4.78 is 27.9. The lowest BCUT2D eigenvalue weighted by Gasteiger charge is -2.35. The lowest BCUT2D eigenvalue weighted by molar-refractivity contribution is -0.132. The van der Waals surface area contributed by atoms with Crippen LogP contribution >= 0.6 is 0 Å². The zero-order valence-corrected chi connectivity index (χ0v) is 21.6. The molecule has 5 rings (SSSR count). The number of morpholine rings is 1. The molecule has 1 aromatic carbocycles. The second kappa shape index (κ2) is 11.1. The summed E-state index contributed by atoms with van der Waals surface area (Å²) in [5, 5.41) is 8.22. The minimum Gasteiger partial charge on any atom is -0.383 e. The third kappa shape index (κ3) is 5.29. The van der Waals surface area contributed by atoms with Gasteiger partial charge in [-0.15, -0.1) is 0 Å². The van der Waals surface area contributed by atoms with E-state index in [4.69, 9.17) is 9.47 Å². The van der Waals surface area contributed by atoms with Gasteiger partial charge in [-0.2, -0.15) is 5.10 Å². The van der Waals surface area contributed by atoms with Gasteiger partial charge in [-0.05, 0) is 43.1 Å². The van der Waals surface area contributed by atoms with Gasteiger partial charge in [0.1, 0.15) is 18.3 Å². The smallest absolute Gasteiger partial charge is 0.250 e. The Bertz CT molecular complexity index is 1250. The zero-order valence-electron chi connectivity index (χ0n) is 21.6. The van der Waals surface area contributed by atoms with Gasteiger partial charge in [0.25, 0.3) is 5.91 Å². The van der Waals surface area contributed by atoms with E-state index in [1.54, 1.807) is 18.8 Å². The summed E-state index contributed by atoms with van der Waals surface area (Å²) in [4.78, 5) is 25.1. The fraction of sp³-hybridized carbons (Fsp3) is 0.538. The zero-order chi connectivity index (χ0) is 25.9. The molecule has 0 spiro atoms. The highest BCUT2D eigenvalue weighted by atomic mass is 19.1. The number of amides is 1. The largest absolute Gasteiger partial charge is 0.383 e. The molecule has 2 aliphatic heterocycles. The molecule has 2 saturated heterocycles. The van der Waals surface area contributed by atoms with E-state index in [9.17, 15) is 4.79 Å². The van der Waals surface area contributed by atoms with E-state index in [1.807, 2.05) is 24.1 Å². The number of methoxy groups -OCH3 is 1. The van der Waals surface area contributed by atoms with Crippen LogP contribution in [0.2, 0.25) is 0 Å². The van der Waals surface area contributed by atoms with E-state index >= 15 is 4.39 Å². The van der Waals surface area contributed by atoms with Crippen LogP contribution in [-0.2, 0) is 14.3 Å². The Balaban J connectivity index is 1.41. The number of carbonyl (C=O) groups is 1. The predicted octanol–water partition coefficient (Wildman–Crippen LogP) is 1.85. The number of aryl methyl sites for hydroxylation is 1. The fourth-order valence-corrected chi connectivity index (χ4v) is 5.33. The number of carbonyl (C=O) groups excluding carboxylic acids is 1. The molecule has 11 heteroatoms. The highest BCUT2D eigenvalue weighted by Gasteiger charge is 2.32. The van der Waals surface area contributed by atoms with Crippen LogP contribution in [0, 0.1) is 6.92 Å². The number of piperidine rings is 1. The molecular weight excluding hydrogens is 477 g/mol. The molecule has 0 bridgehead atoms. The van der Waals surface area contributed by atoms with Gasteiger partial charge in [0.15, 0.2) is 11.9 Å². The summed E-state index contributed by atoms with van der Waals surface area (Å²) in [5.41, 5.74) is 2.97. The number of fused-ring (bicyclic) bond motifs is 1. The molecule has 1 amide bonds. The van der Waals surface area contributed by atoms with Crippen LogP contribution in [0.15, 0.2) is 30.7 Å². The summed E-state index contributed by atoms with van der Waals surface area (Å²) in [6.07, 6.45) is 2.57. The van der Waals surface area contributed by atoms with Crippen molar-refractivity contribution in [2.24, 2.45) is 0 Å². The minimum absolute atomic E-state index is 0.157. The summed E-state index contributed by atoms with van der Waals surface area (Å²) in [7, 11) is 3.27. The molecule has 3 aromatic rings. The maximum Gasteiger partial charge on any atom is 0.250 e. The molecule has 2 aromatic heterocycles. The number of ether oxygens (including phenoxy) is 2. The Morgan fingerprint density at radius 3 is 2.84 bits per heavy atom. The molecule has 0 aliphatic carbocycles. The number of anilines is 1. The fourth-order valence-electron chi connectivity index (χ4n) is 5.33. The van der Waals surface area contributed by atoms with Gasteiger partial charge in [0.05, 0.1) is 31.5 Å². The van der Waals surface area contributed by atoms with Crippen molar-refractivity contribution in [3.05, 3.63) is 41.9 Å². The van der Waals surface area contributed by atoms with E-state index in [2.05, 4.69) is 37.4 Å². The number of aromatic nitrogens is 4. The highest BCUT2D eigenvalue weighted by molar-refractivity contribution is 5.82. The number of rotatable bonds is 7. The molecule has 2 fully saturated rings. The maximum atomic E-state index is 15.3. The SMILES string of the molecule is CNC(=O)C1CN(c2cc(-n3ncc4cc(C)c(C5CCN(CCOC)CC5F)cc43)ncn2)CCO1. The third-order valence-corrected chi connectivity index (χ3v) is 7.38.